The average Bonchev–Trinajstić information content (AvgIpc) is 2.84. The van der Waals surface area contributed by atoms with Crippen molar-refractivity contribution in [2.24, 2.45) is 4.99 Å². The summed E-state index contributed by atoms with van der Waals surface area (Å²) in [5.74, 6) is 0. The molecule has 2 heterocycles. The number of nitrogens with one attached hydrogen (secondary N) is 1. The summed E-state index contributed by atoms with van der Waals surface area (Å²) in [6.45, 7) is 4.29. The molecule has 0 spiro atoms. The third-order valence-corrected chi connectivity index (χ3v) is 5.09. The van der Waals surface area contributed by atoms with E-state index in [0.717, 1.165) is 0 Å². The molecule has 0 aliphatic carbocycles. The molecule has 4 rings (SSSR count). The van der Waals surface area contributed by atoms with Crippen LogP contribution in [0.1, 0.15) is 27.6 Å². The van der Waals surface area contributed by atoms with E-state index in [-0.39, 0.29) is 6.04 Å². The number of hydrogen-bond donors (Lipinski definition) is 1. The van der Waals surface area contributed by atoms with E-state index in [1.807, 2.05) is 17.7 Å². The maximum Gasteiger partial charge on any atom is 0.113 e. The van der Waals surface area contributed by atoms with Gasteiger partial charge in [0.15, 0.2) is 0 Å². The summed E-state index contributed by atoms with van der Waals surface area (Å²) < 4.78 is 1.31. The monoisotopic (exact) mass is 292 g/mol. The molecular formula is C18H16N2S. The van der Waals surface area contributed by atoms with Crippen molar-refractivity contribution in [2.45, 2.75) is 19.9 Å². The molecule has 21 heavy (non-hydrogen) atoms. The molecule has 0 saturated carbocycles. The molecule has 1 aliphatic heterocycles. The van der Waals surface area contributed by atoms with Crippen molar-refractivity contribution in [1.29, 1.82) is 0 Å². The lowest BCUT2D eigenvalue weighted by Crippen LogP contribution is -2.09. The Morgan fingerprint density at radius 2 is 1.81 bits per heavy atom. The van der Waals surface area contributed by atoms with Crippen molar-refractivity contribution < 1.29 is 0 Å². The van der Waals surface area contributed by atoms with Crippen molar-refractivity contribution in [3.63, 3.8) is 0 Å². The lowest BCUT2D eigenvalue weighted by Gasteiger charge is -2.19. The molecule has 1 aliphatic rings. The Bertz CT molecular complexity index is 841. The van der Waals surface area contributed by atoms with Gasteiger partial charge in [-0.3, -0.25) is 4.99 Å². The first kappa shape index (κ1) is 12.6. The first-order valence-electron chi connectivity index (χ1n) is 7.10. The zero-order valence-corrected chi connectivity index (χ0v) is 12.9. The van der Waals surface area contributed by atoms with Crippen LogP contribution in [0.5, 0.6) is 0 Å². The topological polar surface area (TPSA) is 24.4 Å². The van der Waals surface area contributed by atoms with Crippen LogP contribution in [0.25, 0.3) is 10.1 Å². The Balaban J connectivity index is 1.92. The second-order valence-corrected chi connectivity index (χ2v) is 6.67. The summed E-state index contributed by atoms with van der Waals surface area (Å²) in [4.78, 5) is 6.00. The van der Waals surface area contributed by atoms with E-state index < -0.39 is 0 Å². The Labute approximate surface area is 128 Å². The molecule has 0 amide bonds. The lowest BCUT2D eigenvalue weighted by molar-refractivity contribution is 0.889. The maximum atomic E-state index is 4.69. The van der Waals surface area contributed by atoms with Gasteiger partial charge in [0.1, 0.15) is 6.04 Å². The summed E-state index contributed by atoms with van der Waals surface area (Å²) in [7, 11) is 0. The summed E-state index contributed by atoms with van der Waals surface area (Å²) >= 11 is 1.84. The first-order chi connectivity index (χ1) is 10.2. The summed E-state index contributed by atoms with van der Waals surface area (Å²) in [5.41, 5.74) is 5.08. The number of fused-ring (bicyclic) bond motifs is 3. The number of aliphatic imine (C=N–C) groups is 1. The third-order valence-electron chi connectivity index (χ3n) is 3.86. The summed E-state index contributed by atoms with van der Waals surface area (Å²) in [6.07, 6.45) is 1.84. The standard InChI is InChI=1S/C18H16N2S/c1-11-7-12(2)9-13(8-11)16-18-17(20-10-19-16)14-5-3-4-6-15(14)21-18/h3-10,16H,1-2H3,(H,19,20). The van der Waals surface area contributed by atoms with Gasteiger partial charge in [-0.1, -0.05) is 47.5 Å². The first-order valence-corrected chi connectivity index (χ1v) is 7.92. The van der Waals surface area contributed by atoms with Gasteiger partial charge in [0.2, 0.25) is 0 Å². The molecule has 0 fully saturated rings. The molecule has 1 N–H and O–H groups in total. The Morgan fingerprint density at radius 1 is 1.05 bits per heavy atom. The second kappa shape index (κ2) is 4.71. The predicted molar refractivity (Wildman–Crippen MR) is 91.7 cm³/mol. The number of nitrogens with zero attached hydrogens (tertiary/aromatic N) is 1. The van der Waals surface area contributed by atoms with Gasteiger partial charge >= 0.3 is 0 Å². The van der Waals surface area contributed by atoms with Crippen molar-refractivity contribution in [3.05, 3.63) is 64.0 Å². The minimum atomic E-state index is 0.109. The maximum absolute atomic E-state index is 4.69. The largest absolute Gasteiger partial charge is 0.345 e. The molecule has 0 saturated heterocycles. The fraction of sp³-hybridized carbons (Fsp3) is 0.167. The fourth-order valence-corrected chi connectivity index (χ4v) is 4.30. The molecule has 0 bridgehead atoms. The minimum absolute atomic E-state index is 0.109. The fourth-order valence-electron chi connectivity index (χ4n) is 3.06. The normalized spacial score (nSPS) is 16.8. The van der Waals surface area contributed by atoms with E-state index in [9.17, 15) is 0 Å². The number of anilines is 1. The number of thiophene rings is 1. The summed E-state index contributed by atoms with van der Waals surface area (Å²) in [5, 5.41) is 4.62. The van der Waals surface area contributed by atoms with E-state index >= 15 is 0 Å². The highest BCUT2D eigenvalue weighted by molar-refractivity contribution is 7.20. The van der Waals surface area contributed by atoms with Gasteiger partial charge < -0.3 is 5.32 Å². The van der Waals surface area contributed by atoms with Gasteiger partial charge in [-0.05, 0) is 25.5 Å². The Hall–Kier alpha value is -2.13. The smallest absolute Gasteiger partial charge is 0.113 e. The van der Waals surface area contributed by atoms with Crippen LogP contribution >= 0.6 is 11.3 Å². The number of hydrogen-bond acceptors (Lipinski definition) is 3. The quantitative estimate of drug-likeness (QED) is 0.666. The number of rotatable bonds is 1. The highest BCUT2D eigenvalue weighted by Crippen LogP contribution is 2.44. The molecule has 1 unspecified atom stereocenters. The van der Waals surface area contributed by atoms with E-state index in [1.165, 1.54) is 37.3 Å². The molecule has 1 atom stereocenters. The summed E-state index contributed by atoms with van der Waals surface area (Å²) in [6, 6.07) is 15.3. The van der Waals surface area contributed by atoms with Gasteiger partial charge in [-0.25, -0.2) is 0 Å². The third kappa shape index (κ3) is 2.05. The number of aryl methyl sites for hydroxylation is 2. The molecule has 0 radical (unpaired) electrons. The van der Waals surface area contributed by atoms with Crippen LogP contribution in [0.3, 0.4) is 0 Å². The van der Waals surface area contributed by atoms with Crippen LogP contribution in [-0.4, -0.2) is 6.34 Å². The zero-order chi connectivity index (χ0) is 14.4. The van der Waals surface area contributed by atoms with Crippen LogP contribution < -0.4 is 5.32 Å². The lowest BCUT2D eigenvalue weighted by atomic mass is 9.99. The van der Waals surface area contributed by atoms with Crippen LogP contribution in [0.2, 0.25) is 0 Å². The predicted octanol–water partition coefficient (Wildman–Crippen LogP) is 5.06. The van der Waals surface area contributed by atoms with Crippen LogP contribution in [0.15, 0.2) is 47.5 Å². The molecule has 104 valence electrons. The van der Waals surface area contributed by atoms with Crippen LogP contribution in [-0.2, 0) is 0 Å². The van der Waals surface area contributed by atoms with Crippen molar-refractivity contribution in [2.75, 3.05) is 5.32 Å². The molecule has 2 nitrogen and oxygen atoms in total. The SMILES string of the molecule is Cc1cc(C)cc(C2N=CNc3c2sc2ccccc32)c1. The molecule has 3 heteroatoms. The highest BCUT2D eigenvalue weighted by atomic mass is 32.1. The minimum Gasteiger partial charge on any atom is -0.345 e. The average molecular weight is 292 g/mol. The van der Waals surface area contributed by atoms with Gasteiger partial charge in [0, 0.05) is 10.1 Å². The van der Waals surface area contributed by atoms with Crippen LogP contribution in [0, 0.1) is 13.8 Å². The van der Waals surface area contributed by atoms with E-state index in [4.69, 9.17) is 4.99 Å². The van der Waals surface area contributed by atoms with Gasteiger partial charge in [-0.15, -0.1) is 11.3 Å². The second-order valence-electron chi connectivity index (χ2n) is 5.58. The van der Waals surface area contributed by atoms with E-state index in [0.29, 0.717) is 0 Å². The molecule has 2 aromatic carbocycles. The molecule has 1 aromatic heterocycles. The molecule has 3 aromatic rings. The van der Waals surface area contributed by atoms with Crippen molar-refractivity contribution in [1.82, 2.24) is 0 Å². The van der Waals surface area contributed by atoms with Gasteiger partial charge in [0.25, 0.3) is 0 Å². The highest BCUT2D eigenvalue weighted by Gasteiger charge is 2.24. The van der Waals surface area contributed by atoms with E-state index in [2.05, 4.69) is 61.6 Å². The van der Waals surface area contributed by atoms with Crippen LogP contribution in [0.4, 0.5) is 5.69 Å². The van der Waals surface area contributed by atoms with Crippen molar-refractivity contribution in [3.8, 4) is 0 Å². The molecular weight excluding hydrogens is 276 g/mol. The Morgan fingerprint density at radius 3 is 2.62 bits per heavy atom. The number of benzene rings is 2. The van der Waals surface area contributed by atoms with Gasteiger partial charge in [-0.2, -0.15) is 0 Å². The van der Waals surface area contributed by atoms with Gasteiger partial charge in [0.05, 0.1) is 16.9 Å². The zero-order valence-electron chi connectivity index (χ0n) is 12.1. The Kier molecular flexibility index (Phi) is 2.82. The van der Waals surface area contributed by atoms with Crippen molar-refractivity contribution >= 4 is 33.4 Å². The van der Waals surface area contributed by atoms with E-state index in [1.54, 1.807) is 0 Å².